The molecule has 0 saturated heterocycles. The van der Waals surface area contributed by atoms with Gasteiger partial charge in [-0.25, -0.2) is 0 Å². The smallest absolute Gasteiger partial charge is 0.338 e. The number of hydrogen-bond donors (Lipinski definition) is 0. The van der Waals surface area contributed by atoms with Crippen molar-refractivity contribution in [3.63, 3.8) is 0 Å². The van der Waals surface area contributed by atoms with Gasteiger partial charge in [0, 0.05) is 12.8 Å². The summed E-state index contributed by atoms with van der Waals surface area (Å²) in [5.74, 6) is -2.24. The quantitative estimate of drug-likeness (QED) is 0.302. The Bertz CT molecular complexity index is 658. The molecule has 10 nitrogen and oxygen atoms in total. The van der Waals surface area contributed by atoms with Crippen molar-refractivity contribution in [3.8, 4) is 0 Å². The lowest BCUT2D eigenvalue weighted by atomic mass is 9.94. The number of hydrogen-bond acceptors (Lipinski definition) is 6. The summed E-state index contributed by atoms with van der Waals surface area (Å²) in [6, 6.07) is 0. The average molecular weight is 348 g/mol. The van der Waals surface area contributed by atoms with Crippen LogP contribution in [0.4, 0.5) is 0 Å². The second-order valence-corrected chi connectivity index (χ2v) is 5.83. The minimum atomic E-state index is -0.815. The second kappa shape index (κ2) is 8.23. The molecule has 0 aliphatic heterocycles. The van der Waals surface area contributed by atoms with E-state index in [1.807, 2.05) is 0 Å². The van der Waals surface area contributed by atoms with Gasteiger partial charge in [-0.15, -0.1) is 0 Å². The number of ketones is 2. The maximum absolute atomic E-state index is 11.8. The van der Waals surface area contributed by atoms with Crippen LogP contribution in [0.15, 0.2) is 0 Å². The third-order valence-electron chi connectivity index (χ3n) is 4.00. The van der Waals surface area contributed by atoms with Crippen molar-refractivity contribution in [1.82, 2.24) is 0 Å². The number of esters is 2. The standard InChI is InChI=1S/C15H16N4O6/c16-18-10-5-8(1-3-12(10)20)24-14(22)7-15(23)25-9-2-4-13(21)11(6-9)19-17/h8-9H,1-7H2. The van der Waals surface area contributed by atoms with E-state index in [0.717, 1.165) is 0 Å². The molecule has 0 bridgehead atoms. The summed E-state index contributed by atoms with van der Waals surface area (Å²) < 4.78 is 10.2. The first kappa shape index (κ1) is 18.4. The summed E-state index contributed by atoms with van der Waals surface area (Å²) in [5, 5.41) is 0. The number of rotatable bonds is 4. The topological polar surface area (TPSA) is 160 Å². The zero-order chi connectivity index (χ0) is 18.4. The molecule has 2 unspecified atom stereocenters. The minimum absolute atomic E-state index is 0.00280. The zero-order valence-electron chi connectivity index (χ0n) is 13.3. The molecule has 0 aromatic heterocycles. The number of carbonyl (C=O) groups excluding carboxylic acids is 4. The average Bonchev–Trinajstić information content (AvgIpc) is 2.58. The van der Waals surface area contributed by atoms with Crippen LogP contribution in [-0.4, -0.2) is 56.7 Å². The van der Waals surface area contributed by atoms with Gasteiger partial charge in [-0.3, -0.25) is 19.2 Å². The predicted octanol–water partition coefficient (Wildman–Crippen LogP) is 0.0477. The molecule has 132 valence electrons. The van der Waals surface area contributed by atoms with Crippen LogP contribution >= 0.6 is 0 Å². The van der Waals surface area contributed by atoms with Crippen molar-refractivity contribution >= 4 is 34.9 Å². The van der Waals surface area contributed by atoms with Crippen LogP contribution in [0.5, 0.6) is 0 Å². The van der Waals surface area contributed by atoms with Crippen molar-refractivity contribution < 1.29 is 38.2 Å². The van der Waals surface area contributed by atoms with Gasteiger partial charge in [-0.2, -0.15) is 9.58 Å². The minimum Gasteiger partial charge on any atom is -0.461 e. The maximum atomic E-state index is 11.8. The van der Waals surface area contributed by atoms with E-state index in [9.17, 15) is 19.2 Å². The Morgan fingerprint density at radius 1 is 0.880 bits per heavy atom. The highest BCUT2D eigenvalue weighted by Gasteiger charge is 2.35. The van der Waals surface area contributed by atoms with Gasteiger partial charge in [0.1, 0.15) is 18.6 Å². The van der Waals surface area contributed by atoms with Crippen LogP contribution < -0.4 is 0 Å². The molecule has 0 radical (unpaired) electrons. The highest BCUT2D eigenvalue weighted by molar-refractivity contribution is 6.38. The lowest BCUT2D eigenvalue weighted by Crippen LogP contribution is -2.34. The monoisotopic (exact) mass is 348 g/mol. The number of carbonyl (C=O) groups is 4. The van der Waals surface area contributed by atoms with Gasteiger partial charge in [0.2, 0.25) is 11.6 Å². The molecule has 2 fully saturated rings. The van der Waals surface area contributed by atoms with Crippen LogP contribution in [0.25, 0.3) is 11.1 Å². The molecule has 2 aliphatic carbocycles. The first-order valence-electron chi connectivity index (χ1n) is 7.80. The Morgan fingerprint density at radius 3 is 1.64 bits per heavy atom. The first-order chi connectivity index (χ1) is 11.9. The van der Waals surface area contributed by atoms with Crippen molar-refractivity contribution in [2.24, 2.45) is 0 Å². The molecular weight excluding hydrogens is 332 g/mol. The van der Waals surface area contributed by atoms with Crippen LogP contribution in [0, 0.1) is 0 Å². The van der Waals surface area contributed by atoms with Crippen LogP contribution in [0.2, 0.25) is 0 Å². The zero-order valence-corrected chi connectivity index (χ0v) is 13.3. The van der Waals surface area contributed by atoms with Gasteiger partial charge in [0.25, 0.3) is 0 Å². The fourth-order valence-electron chi connectivity index (χ4n) is 2.70. The molecule has 0 spiro atoms. The van der Waals surface area contributed by atoms with Gasteiger partial charge in [0.15, 0.2) is 0 Å². The Morgan fingerprint density at radius 2 is 1.28 bits per heavy atom. The fourth-order valence-corrected chi connectivity index (χ4v) is 2.70. The third-order valence-corrected chi connectivity index (χ3v) is 4.00. The normalized spacial score (nSPS) is 23.5. The predicted molar refractivity (Wildman–Crippen MR) is 79.3 cm³/mol. The van der Waals surface area contributed by atoms with Gasteiger partial charge in [-0.1, -0.05) is 0 Å². The van der Waals surface area contributed by atoms with Crippen LogP contribution in [0.1, 0.15) is 44.9 Å². The summed E-state index contributed by atoms with van der Waals surface area (Å²) in [6.45, 7) is 0. The molecule has 0 aromatic carbocycles. The van der Waals surface area contributed by atoms with Crippen molar-refractivity contribution in [1.29, 1.82) is 0 Å². The van der Waals surface area contributed by atoms with E-state index < -0.39 is 30.6 Å². The second-order valence-electron chi connectivity index (χ2n) is 5.83. The molecule has 0 amide bonds. The van der Waals surface area contributed by atoms with Crippen LogP contribution in [-0.2, 0) is 28.7 Å². The van der Waals surface area contributed by atoms with Gasteiger partial charge >= 0.3 is 23.4 Å². The fraction of sp³-hybridized carbons (Fsp3) is 0.600. The number of nitrogens with zero attached hydrogens (tertiary/aromatic N) is 4. The number of ether oxygens (including phenoxy) is 2. The molecule has 25 heavy (non-hydrogen) atoms. The van der Waals surface area contributed by atoms with Gasteiger partial charge in [-0.05, 0) is 12.8 Å². The van der Waals surface area contributed by atoms with E-state index in [1.54, 1.807) is 0 Å². The molecule has 2 rings (SSSR count). The van der Waals surface area contributed by atoms with E-state index in [4.69, 9.17) is 20.5 Å². The van der Waals surface area contributed by atoms with E-state index in [-0.39, 0.29) is 48.7 Å². The highest BCUT2D eigenvalue weighted by atomic mass is 16.6. The maximum Gasteiger partial charge on any atom is 0.338 e. The largest absolute Gasteiger partial charge is 0.461 e. The van der Waals surface area contributed by atoms with Gasteiger partial charge in [0.05, 0.1) is 12.8 Å². The molecule has 2 atom stereocenters. The Kier molecular flexibility index (Phi) is 6.05. The third kappa shape index (κ3) is 5.00. The van der Waals surface area contributed by atoms with Crippen LogP contribution in [0.3, 0.4) is 0 Å². The Labute approximate surface area is 142 Å². The Hall–Kier alpha value is -2.96. The van der Waals surface area contributed by atoms with Gasteiger partial charge < -0.3 is 20.5 Å². The van der Waals surface area contributed by atoms with E-state index in [1.165, 1.54) is 0 Å². The molecule has 0 aromatic rings. The summed E-state index contributed by atoms with van der Waals surface area (Å²) in [5.41, 5.74) is 17.3. The SMILES string of the molecule is [N-]=[N+]=C1CC(OC(=O)CC(=O)OC2CCC(=O)C(=[N+]=[N-])C2)CCC1=O. The molecule has 2 saturated carbocycles. The van der Waals surface area contributed by atoms with Crippen molar-refractivity contribution in [3.05, 3.63) is 11.1 Å². The first-order valence-corrected chi connectivity index (χ1v) is 7.80. The molecular formula is C15H16N4O6. The van der Waals surface area contributed by atoms with E-state index in [0.29, 0.717) is 12.8 Å². The van der Waals surface area contributed by atoms with E-state index >= 15 is 0 Å². The molecule has 0 heterocycles. The lowest BCUT2D eigenvalue weighted by Gasteiger charge is -2.20. The summed E-state index contributed by atoms with van der Waals surface area (Å²) >= 11 is 0. The van der Waals surface area contributed by atoms with Crippen molar-refractivity contribution in [2.75, 3.05) is 0 Å². The highest BCUT2D eigenvalue weighted by Crippen LogP contribution is 2.18. The summed E-state index contributed by atoms with van der Waals surface area (Å²) in [6.07, 6.45) is -1.11. The van der Waals surface area contributed by atoms with E-state index in [2.05, 4.69) is 9.58 Å². The summed E-state index contributed by atoms with van der Waals surface area (Å²) in [7, 11) is 0. The number of Topliss-reactive ketones (excluding diaryl/α,β-unsaturated/α-hetero) is 2. The summed E-state index contributed by atoms with van der Waals surface area (Å²) in [4.78, 5) is 52.1. The lowest BCUT2D eigenvalue weighted by molar-refractivity contribution is -0.162. The molecule has 2 aliphatic rings. The molecule has 10 heteroatoms. The molecule has 0 N–H and O–H groups in total. The van der Waals surface area contributed by atoms with Crippen molar-refractivity contribution in [2.45, 2.75) is 57.2 Å². The Balaban J connectivity index is 1.79.